The summed E-state index contributed by atoms with van der Waals surface area (Å²) in [6, 6.07) is 20.8. The van der Waals surface area contributed by atoms with Crippen molar-refractivity contribution in [1.82, 2.24) is 10.3 Å². The van der Waals surface area contributed by atoms with Crippen molar-refractivity contribution in [3.63, 3.8) is 0 Å². The van der Waals surface area contributed by atoms with Gasteiger partial charge >= 0.3 is 0 Å². The third-order valence-corrected chi connectivity index (χ3v) is 6.96. The second kappa shape index (κ2) is 10.7. The number of amides is 1. The minimum absolute atomic E-state index is 0.0145. The zero-order valence-corrected chi connectivity index (χ0v) is 22.4. The fourth-order valence-electron chi connectivity index (χ4n) is 4.55. The molecular formula is C29H27N5O4S. The number of furan rings is 1. The molecule has 198 valence electrons. The van der Waals surface area contributed by atoms with Gasteiger partial charge in [0.2, 0.25) is 5.91 Å². The van der Waals surface area contributed by atoms with Gasteiger partial charge in [-0.3, -0.25) is 19.9 Å². The molecule has 1 amide bonds. The van der Waals surface area contributed by atoms with Crippen molar-refractivity contribution in [2.75, 3.05) is 10.2 Å². The lowest BCUT2D eigenvalue weighted by atomic mass is 10.0. The van der Waals surface area contributed by atoms with Crippen LogP contribution in [-0.2, 0) is 4.79 Å². The van der Waals surface area contributed by atoms with Crippen LogP contribution in [0.2, 0.25) is 0 Å². The molecule has 39 heavy (non-hydrogen) atoms. The summed E-state index contributed by atoms with van der Waals surface area (Å²) in [5, 5.41) is 18.0. The normalized spacial score (nSPS) is 16.8. The van der Waals surface area contributed by atoms with Crippen LogP contribution in [0.25, 0.3) is 11.3 Å². The molecule has 10 heteroatoms. The van der Waals surface area contributed by atoms with E-state index in [1.807, 2.05) is 74.2 Å². The number of carbonyl (C=O) groups excluding carboxylic acids is 1. The minimum Gasteiger partial charge on any atom is -0.459 e. The predicted octanol–water partition coefficient (Wildman–Crippen LogP) is 6.33. The average molecular weight is 542 g/mol. The number of anilines is 2. The number of thiocarbonyl (C=S) groups is 1. The van der Waals surface area contributed by atoms with Crippen LogP contribution in [0, 0.1) is 23.0 Å². The first-order valence-electron chi connectivity index (χ1n) is 12.5. The molecule has 2 aromatic carbocycles. The zero-order chi connectivity index (χ0) is 27.7. The largest absolute Gasteiger partial charge is 0.459 e. The number of hydrogen-bond acceptors (Lipinski definition) is 6. The van der Waals surface area contributed by atoms with Gasteiger partial charge in [-0.25, -0.2) is 0 Å². The molecule has 1 aliphatic heterocycles. The van der Waals surface area contributed by atoms with E-state index in [0.717, 1.165) is 28.2 Å². The number of aryl methyl sites for hydroxylation is 1. The minimum atomic E-state index is -0.431. The van der Waals surface area contributed by atoms with Crippen molar-refractivity contribution in [1.29, 1.82) is 0 Å². The Hall–Kier alpha value is -4.57. The SMILES string of the molecule is Cc1cc(N2C(=S)N[C@@H](c3ccccn3)[C@@H]2c2ccc(-c3ccc([N+](=O)[O-])cc3)o2)ccc1NC(=O)C(C)C. The summed E-state index contributed by atoms with van der Waals surface area (Å²) in [5.41, 5.74) is 4.02. The third-order valence-electron chi connectivity index (χ3n) is 6.65. The van der Waals surface area contributed by atoms with E-state index in [2.05, 4.69) is 15.6 Å². The van der Waals surface area contributed by atoms with E-state index < -0.39 is 4.92 Å². The Morgan fingerprint density at radius 1 is 1.13 bits per heavy atom. The van der Waals surface area contributed by atoms with Crippen LogP contribution in [0.1, 0.15) is 42.9 Å². The molecular weight excluding hydrogens is 514 g/mol. The smallest absolute Gasteiger partial charge is 0.269 e. The van der Waals surface area contributed by atoms with Crippen LogP contribution in [0.15, 0.2) is 83.4 Å². The van der Waals surface area contributed by atoms with E-state index in [4.69, 9.17) is 16.6 Å². The van der Waals surface area contributed by atoms with E-state index in [0.29, 0.717) is 16.6 Å². The van der Waals surface area contributed by atoms with Crippen LogP contribution in [0.5, 0.6) is 0 Å². The molecule has 3 heterocycles. The molecule has 0 radical (unpaired) electrons. The Labute approximate surface area is 231 Å². The maximum Gasteiger partial charge on any atom is 0.269 e. The molecule has 2 aromatic heterocycles. The van der Waals surface area contributed by atoms with Gasteiger partial charge in [-0.15, -0.1) is 0 Å². The van der Waals surface area contributed by atoms with E-state index in [-0.39, 0.29) is 29.6 Å². The first-order chi connectivity index (χ1) is 18.7. The number of hydrogen-bond donors (Lipinski definition) is 2. The molecule has 1 saturated heterocycles. The fraction of sp³-hybridized carbons (Fsp3) is 0.207. The lowest BCUT2D eigenvalue weighted by Gasteiger charge is -2.27. The Kier molecular flexibility index (Phi) is 7.12. The first-order valence-corrected chi connectivity index (χ1v) is 12.9. The molecule has 2 N–H and O–H groups in total. The van der Waals surface area contributed by atoms with Crippen molar-refractivity contribution < 1.29 is 14.1 Å². The van der Waals surface area contributed by atoms with E-state index in [9.17, 15) is 14.9 Å². The molecule has 2 atom stereocenters. The highest BCUT2D eigenvalue weighted by Crippen LogP contribution is 2.43. The van der Waals surface area contributed by atoms with Gasteiger partial charge in [0, 0.05) is 41.2 Å². The lowest BCUT2D eigenvalue weighted by molar-refractivity contribution is -0.384. The summed E-state index contributed by atoms with van der Waals surface area (Å²) >= 11 is 5.81. The van der Waals surface area contributed by atoms with Crippen molar-refractivity contribution in [2.24, 2.45) is 5.92 Å². The van der Waals surface area contributed by atoms with Gasteiger partial charge in [-0.2, -0.15) is 0 Å². The molecule has 0 unspecified atom stereocenters. The number of rotatable bonds is 7. The quantitative estimate of drug-likeness (QED) is 0.159. The average Bonchev–Trinajstić information content (AvgIpc) is 3.55. The van der Waals surface area contributed by atoms with Crippen LogP contribution < -0.4 is 15.5 Å². The standard InChI is InChI=1S/C29H27N5O4S/c1-17(2)28(35)31-22-12-11-21(16-18(22)3)33-27(26(32-29(33)39)23-6-4-5-15-30-23)25-14-13-24(38-25)19-7-9-20(10-8-19)34(36)37/h4-17,26-27H,1-3H3,(H,31,35)(H,32,39)/t26-,27-/m0/s1. The van der Waals surface area contributed by atoms with E-state index in [1.165, 1.54) is 12.1 Å². The Morgan fingerprint density at radius 2 is 1.90 bits per heavy atom. The number of nitrogens with one attached hydrogen (secondary N) is 2. The summed E-state index contributed by atoms with van der Waals surface area (Å²) < 4.78 is 6.34. The number of nitro groups is 1. The number of pyridine rings is 1. The molecule has 4 aromatic rings. The Bertz CT molecular complexity index is 1540. The summed E-state index contributed by atoms with van der Waals surface area (Å²) in [7, 11) is 0. The molecule has 5 rings (SSSR count). The van der Waals surface area contributed by atoms with Gasteiger partial charge in [0.1, 0.15) is 17.6 Å². The number of carbonyl (C=O) groups is 1. The highest BCUT2D eigenvalue weighted by Gasteiger charge is 2.42. The van der Waals surface area contributed by atoms with Crippen LogP contribution in [-0.4, -0.2) is 20.9 Å². The molecule has 1 fully saturated rings. The van der Waals surface area contributed by atoms with E-state index in [1.54, 1.807) is 18.3 Å². The molecule has 0 saturated carbocycles. The van der Waals surface area contributed by atoms with Crippen LogP contribution >= 0.6 is 12.2 Å². The number of aromatic nitrogens is 1. The molecule has 1 aliphatic rings. The maximum atomic E-state index is 12.3. The third kappa shape index (κ3) is 5.23. The van der Waals surface area contributed by atoms with Crippen molar-refractivity contribution >= 4 is 40.3 Å². The monoisotopic (exact) mass is 541 g/mol. The lowest BCUT2D eigenvalue weighted by Crippen LogP contribution is -2.29. The summed E-state index contributed by atoms with van der Waals surface area (Å²) in [6.45, 7) is 5.64. The topological polar surface area (TPSA) is 114 Å². The zero-order valence-electron chi connectivity index (χ0n) is 21.6. The van der Waals surface area contributed by atoms with Crippen LogP contribution in [0.4, 0.5) is 17.1 Å². The van der Waals surface area contributed by atoms with Gasteiger partial charge in [0.15, 0.2) is 5.11 Å². The first kappa shape index (κ1) is 26.1. The number of non-ortho nitro benzene ring substituents is 1. The van der Waals surface area contributed by atoms with E-state index >= 15 is 0 Å². The molecule has 0 spiro atoms. The van der Waals surface area contributed by atoms with Gasteiger partial charge in [-0.1, -0.05) is 19.9 Å². The highest BCUT2D eigenvalue weighted by atomic mass is 32.1. The molecule has 9 nitrogen and oxygen atoms in total. The second-order valence-electron chi connectivity index (χ2n) is 9.65. The van der Waals surface area contributed by atoms with Crippen LogP contribution in [0.3, 0.4) is 0 Å². The Morgan fingerprint density at radius 3 is 2.54 bits per heavy atom. The highest BCUT2D eigenvalue weighted by molar-refractivity contribution is 7.80. The summed E-state index contributed by atoms with van der Waals surface area (Å²) in [5.74, 6) is 1.06. The van der Waals surface area contributed by atoms with Crippen molar-refractivity contribution in [3.8, 4) is 11.3 Å². The molecule has 0 bridgehead atoms. The second-order valence-corrected chi connectivity index (χ2v) is 10.0. The number of nitro benzene ring substituents is 1. The fourth-order valence-corrected chi connectivity index (χ4v) is 4.90. The summed E-state index contributed by atoms with van der Waals surface area (Å²) in [6.07, 6.45) is 1.74. The van der Waals surface area contributed by atoms with Gasteiger partial charge in [0.25, 0.3) is 5.69 Å². The predicted molar refractivity (Wildman–Crippen MR) is 153 cm³/mol. The van der Waals surface area contributed by atoms with Gasteiger partial charge < -0.3 is 20.0 Å². The summed E-state index contributed by atoms with van der Waals surface area (Å²) in [4.78, 5) is 29.5. The molecule has 0 aliphatic carbocycles. The number of benzene rings is 2. The van der Waals surface area contributed by atoms with Crippen molar-refractivity contribution in [3.05, 3.63) is 106 Å². The maximum absolute atomic E-state index is 12.3. The van der Waals surface area contributed by atoms with Crippen molar-refractivity contribution in [2.45, 2.75) is 32.9 Å². The number of nitrogens with zero attached hydrogens (tertiary/aromatic N) is 3. The Balaban J connectivity index is 1.53. The van der Waals surface area contributed by atoms with Gasteiger partial charge in [-0.05, 0) is 79.3 Å². The van der Waals surface area contributed by atoms with Gasteiger partial charge in [0.05, 0.1) is 16.7 Å².